The summed E-state index contributed by atoms with van der Waals surface area (Å²) in [6.07, 6.45) is 7.39. The number of nitrogens with zero attached hydrogens (tertiary/aromatic N) is 2. The first-order valence-electron chi connectivity index (χ1n) is 6.16. The summed E-state index contributed by atoms with van der Waals surface area (Å²) in [5.74, 6) is 0.958. The molecule has 2 aliphatic rings. The molecule has 0 aromatic carbocycles. The molecule has 0 amide bonds. The maximum absolute atomic E-state index is 5.98. The van der Waals surface area contributed by atoms with Crippen molar-refractivity contribution in [3.05, 3.63) is 29.0 Å². The van der Waals surface area contributed by atoms with Crippen LogP contribution in [0.15, 0.2) is 18.3 Å². The van der Waals surface area contributed by atoms with Crippen LogP contribution in [0.5, 0.6) is 0 Å². The van der Waals surface area contributed by atoms with Gasteiger partial charge in [-0.1, -0.05) is 11.6 Å². The summed E-state index contributed by atoms with van der Waals surface area (Å²) >= 11 is 5.98. The number of pyridine rings is 1. The molecule has 2 saturated carbocycles. The maximum Gasteiger partial charge on any atom is 0.0558 e. The van der Waals surface area contributed by atoms with E-state index in [9.17, 15) is 0 Å². The predicted octanol–water partition coefficient (Wildman–Crippen LogP) is 3.11. The van der Waals surface area contributed by atoms with Gasteiger partial charge in [-0.15, -0.1) is 0 Å². The van der Waals surface area contributed by atoms with Gasteiger partial charge in [-0.05, 0) is 43.7 Å². The largest absolute Gasteiger partial charge is 0.294 e. The summed E-state index contributed by atoms with van der Waals surface area (Å²) in [4.78, 5) is 6.98. The lowest BCUT2D eigenvalue weighted by Crippen LogP contribution is -2.28. The highest BCUT2D eigenvalue weighted by molar-refractivity contribution is 6.30. The summed E-state index contributed by atoms with van der Waals surface area (Å²) in [7, 11) is 0. The highest BCUT2D eigenvalue weighted by atomic mass is 35.5. The number of halogens is 1. The maximum atomic E-state index is 5.98. The molecule has 0 saturated heterocycles. The van der Waals surface area contributed by atoms with Gasteiger partial charge in [0, 0.05) is 30.4 Å². The number of rotatable bonds is 5. The van der Waals surface area contributed by atoms with E-state index in [2.05, 4.69) is 9.88 Å². The fourth-order valence-corrected chi connectivity index (χ4v) is 2.34. The minimum atomic E-state index is 0.798. The zero-order valence-electron chi connectivity index (χ0n) is 9.40. The van der Waals surface area contributed by atoms with Gasteiger partial charge in [0.25, 0.3) is 0 Å². The number of hydrogen-bond donors (Lipinski definition) is 0. The Morgan fingerprint density at radius 3 is 2.75 bits per heavy atom. The van der Waals surface area contributed by atoms with E-state index in [1.54, 1.807) is 6.20 Å². The molecule has 0 N–H and O–H groups in total. The van der Waals surface area contributed by atoms with Crippen molar-refractivity contribution < 1.29 is 0 Å². The monoisotopic (exact) mass is 236 g/mol. The normalized spacial score (nSPS) is 20.4. The summed E-state index contributed by atoms with van der Waals surface area (Å²) in [6, 6.07) is 4.65. The molecule has 2 fully saturated rings. The first kappa shape index (κ1) is 10.5. The molecule has 3 heteroatoms. The van der Waals surface area contributed by atoms with Crippen molar-refractivity contribution in [2.24, 2.45) is 5.92 Å². The lowest BCUT2D eigenvalue weighted by molar-refractivity contribution is 0.241. The highest BCUT2D eigenvalue weighted by Crippen LogP contribution is 2.35. The minimum Gasteiger partial charge on any atom is -0.294 e. The van der Waals surface area contributed by atoms with Crippen LogP contribution in [-0.2, 0) is 6.54 Å². The van der Waals surface area contributed by atoms with Crippen LogP contribution in [0.3, 0.4) is 0 Å². The third kappa shape index (κ3) is 2.74. The topological polar surface area (TPSA) is 16.1 Å². The summed E-state index contributed by atoms with van der Waals surface area (Å²) in [5, 5.41) is 0.798. The van der Waals surface area contributed by atoms with Crippen LogP contribution < -0.4 is 0 Å². The molecule has 2 nitrogen and oxygen atoms in total. The predicted molar refractivity (Wildman–Crippen MR) is 65.4 cm³/mol. The van der Waals surface area contributed by atoms with Crippen molar-refractivity contribution in [3.63, 3.8) is 0 Å². The standard InChI is InChI=1S/C13H17ClN2/c14-11-5-6-15-12(7-11)9-16(13-3-4-13)8-10-1-2-10/h5-7,10,13H,1-4,8-9H2. The second-order valence-electron chi connectivity index (χ2n) is 5.07. The van der Waals surface area contributed by atoms with Crippen molar-refractivity contribution in [2.75, 3.05) is 6.54 Å². The van der Waals surface area contributed by atoms with Gasteiger partial charge >= 0.3 is 0 Å². The molecule has 86 valence electrons. The van der Waals surface area contributed by atoms with Crippen molar-refractivity contribution in [2.45, 2.75) is 38.3 Å². The molecule has 16 heavy (non-hydrogen) atoms. The van der Waals surface area contributed by atoms with E-state index in [4.69, 9.17) is 11.6 Å². The third-order valence-corrected chi connectivity index (χ3v) is 3.63. The molecule has 1 aromatic heterocycles. The zero-order chi connectivity index (χ0) is 11.0. The smallest absolute Gasteiger partial charge is 0.0558 e. The minimum absolute atomic E-state index is 0.798. The average molecular weight is 237 g/mol. The van der Waals surface area contributed by atoms with Gasteiger partial charge in [-0.2, -0.15) is 0 Å². The van der Waals surface area contributed by atoms with E-state index in [1.807, 2.05) is 12.1 Å². The lowest BCUT2D eigenvalue weighted by Gasteiger charge is -2.21. The second kappa shape index (κ2) is 4.34. The summed E-state index contributed by atoms with van der Waals surface area (Å²) in [6.45, 7) is 2.24. The van der Waals surface area contributed by atoms with E-state index < -0.39 is 0 Å². The molecule has 0 bridgehead atoms. The quantitative estimate of drug-likeness (QED) is 0.781. The van der Waals surface area contributed by atoms with Gasteiger partial charge in [-0.3, -0.25) is 9.88 Å². The fourth-order valence-electron chi connectivity index (χ4n) is 2.16. The van der Waals surface area contributed by atoms with E-state index in [-0.39, 0.29) is 0 Å². The van der Waals surface area contributed by atoms with Crippen LogP contribution in [0.4, 0.5) is 0 Å². The Balaban J connectivity index is 1.65. The van der Waals surface area contributed by atoms with Crippen LogP contribution in [0, 0.1) is 5.92 Å². The van der Waals surface area contributed by atoms with Gasteiger partial charge in [0.05, 0.1) is 5.69 Å². The van der Waals surface area contributed by atoms with E-state index in [0.717, 1.165) is 29.2 Å². The molecular formula is C13H17ClN2. The molecule has 0 atom stereocenters. The van der Waals surface area contributed by atoms with E-state index >= 15 is 0 Å². The van der Waals surface area contributed by atoms with Gasteiger partial charge in [-0.25, -0.2) is 0 Å². The molecule has 0 spiro atoms. The molecule has 1 aromatic rings. The Hall–Kier alpha value is -0.600. The molecule has 0 aliphatic heterocycles. The van der Waals surface area contributed by atoms with Crippen molar-refractivity contribution in [1.82, 2.24) is 9.88 Å². The first-order chi connectivity index (χ1) is 7.81. The Labute approximate surface area is 102 Å². The Morgan fingerprint density at radius 2 is 2.12 bits per heavy atom. The van der Waals surface area contributed by atoms with Crippen molar-refractivity contribution in [1.29, 1.82) is 0 Å². The van der Waals surface area contributed by atoms with Gasteiger partial charge in [0.1, 0.15) is 0 Å². The highest BCUT2D eigenvalue weighted by Gasteiger charge is 2.33. The van der Waals surface area contributed by atoms with Crippen LogP contribution in [0.2, 0.25) is 5.02 Å². The van der Waals surface area contributed by atoms with E-state index in [0.29, 0.717) is 0 Å². The van der Waals surface area contributed by atoms with Crippen LogP contribution >= 0.6 is 11.6 Å². The number of hydrogen-bond acceptors (Lipinski definition) is 2. The molecule has 0 unspecified atom stereocenters. The van der Waals surface area contributed by atoms with Gasteiger partial charge in [0.15, 0.2) is 0 Å². The number of aromatic nitrogens is 1. The van der Waals surface area contributed by atoms with Crippen molar-refractivity contribution in [3.8, 4) is 0 Å². The molecular weight excluding hydrogens is 220 g/mol. The second-order valence-corrected chi connectivity index (χ2v) is 5.51. The molecule has 3 rings (SSSR count). The molecule has 1 heterocycles. The first-order valence-corrected chi connectivity index (χ1v) is 6.53. The van der Waals surface area contributed by atoms with Crippen LogP contribution in [0.1, 0.15) is 31.4 Å². The zero-order valence-corrected chi connectivity index (χ0v) is 10.2. The SMILES string of the molecule is Clc1ccnc(CN(CC2CC2)C2CC2)c1. The van der Waals surface area contributed by atoms with Gasteiger partial charge < -0.3 is 0 Å². The Bertz CT molecular complexity index is 372. The van der Waals surface area contributed by atoms with Crippen molar-refractivity contribution >= 4 is 11.6 Å². The Kier molecular flexibility index (Phi) is 2.86. The van der Waals surface area contributed by atoms with E-state index in [1.165, 1.54) is 32.2 Å². The lowest BCUT2D eigenvalue weighted by atomic mass is 10.3. The summed E-state index contributed by atoms with van der Waals surface area (Å²) in [5.41, 5.74) is 1.11. The average Bonchev–Trinajstić information content (AvgIpc) is 3.12. The van der Waals surface area contributed by atoms with Crippen LogP contribution in [-0.4, -0.2) is 22.5 Å². The fraction of sp³-hybridized carbons (Fsp3) is 0.615. The van der Waals surface area contributed by atoms with Crippen LogP contribution in [0.25, 0.3) is 0 Å². The molecule has 2 aliphatic carbocycles. The molecule has 0 radical (unpaired) electrons. The van der Waals surface area contributed by atoms with Gasteiger partial charge in [0.2, 0.25) is 0 Å². The Morgan fingerprint density at radius 1 is 1.31 bits per heavy atom. The summed E-state index contributed by atoms with van der Waals surface area (Å²) < 4.78 is 0. The third-order valence-electron chi connectivity index (χ3n) is 3.40.